The lowest BCUT2D eigenvalue weighted by molar-refractivity contribution is 0.112. The first-order chi connectivity index (χ1) is 7.31. The Morgan fingerprint density at radius 2 is 2.20 bits per heavy atom. The van der Waals surface area contributed by atoms with E-state index in [0.717, 1.165) is 41.5 Å². The normalized spacial score (nSPS) is 15.4. The van der Waals surface area contributed by atoms with Crippen molar-refractivity contribution in [3.05, 3.63) is 40.4 Å². The molecule has 1 aromatic carbocycles. The number of hydrogen-bond acceptors (Lipinski definition) is 2. The highest BCUT2D eigenvalue weighted by molar-refractivity contribution is 9.10. The maximum atomic E-state index is 11.0. The van der Waals surface area contributed by atoms with Crippen LogP contribution in [0, 0.1) is 0 Å². The molecule has 15 heavy (non-hydrogen) atoms. The summed E-state index contributed by atoms with van der Waals surface area (Å²) >= 11 is 3.37. The van der Waals surface area contributed by atoms with Gasteiger partial charge in [-0.1, -0.05) is 28.1 Å². The Morgan fingerprint density at radius 1 is 1.33 bits per heavy atom. The summed E-state index contributed by atoms with van der Waals surface area (Å²) in [5, 5.41) is 0. The molecule has 0 saturated heterocycles. The van der Waals surface area contributed by atoms with Crippen LogP contribution in [0.25, 0.3) is 0 Å². The fourth-order valence-electron chi connectivity index (χ4n) is 1.77. The van der Waals surface area contributed by atoms with Gasteiger partial charge < -0.3 is 4.90 Å². The number of hydrogen-bond donors (Lipinski definition) is 0. The van der Waals surface area contributed by atoms with Crippen molar-refractivity contribution in [3.8, 4) is 0 Å². The van der Waals surface area contributed by atoms with E-state index in [1.54, 1.807) is 0 Å². The molecule has 0 unspecified atom stereocenters. The van der Waals surface area contributed by atoms with Crippen LogP contribution in [0.5, 0.6) is 0 Å². The lowest BCUT2D eigenvalue weighted by Gasteiger charge is -2.26. The summed E-state index contributed by atoms with van der Waals surface area (Å²) in [5.41, 5.74) is 1.78. The Balaban J connectivity index is 2.34. The first-order valence-corrected chi connectivity index (χ1v) is 5.75. The van der Waals surface area contributed by atoms with Crippen molar-refractivity contribution in [2.75, 3.05) is 18.0 Å². The average Bonchev–Trinajstić information content (AvgIpc) is 2.30. The number of carbonyl (C=O) groups is 1. The van der Waals surface area contributed by atoms with Gasteiger partial charge in [0.2, 0.25) is 0 Å². The van der Waals surface area contributed by atoms with E-state index in [4.69, 9.17) is 0 Å². The van der Waals surface area contributed by atoms with Gasteiger partial charge in [0.1, 0.15) is 0 Å². The number of rotatable bonds is 2. The summed E-state index contributed by atoms with van der Waals surface area (Å²) in [6, 6.07) is 5.83. The van der Waals surface area contributed by atoms with E-state index < -0.39 is 0 Å². The Hall–Kier alpha value is -1.09. The van der Waals surface area contributed by atoms with Gasteiger partial charge in [0.15, 0.2) is 6.29 Å². The van der Waals surface area contributed by atoms with Crippen LogP contribution in [0.1, 0.15) is 16.8 Å². The van der Waals surface area contributed by atoms with Crippen molar-refractivity contribution >= 4 is 27.9 Å². The maximum absolute atomic E-state index is 11.0. The number of anilines is 1. The summed E-state index contributed by atoms with van der Waals surface area (Å²) in [6.45, 7) is 1.88. The Labute approximate surface area is 97.7 Å². The molecular formula is C12H12BrNO. The maximum Gasteiger partial charge on any atom is 0.152 e. The van der Waals surface area contributed by atoms with Gasteiger partial charge in [0.05, 0.1) is 0 Å². The SMILES string of the molecule is O=Cc1cc(Br)ccc1N1CC=CCC1. The molecule has 0 saturated carbocycles. The van der Waals surface area contributed by atoms with Crippen LogP contribution in [0.3, 0.4) is 0 Å². The monoisotopic (exact) mass is 265 g/mol. The molecule has 0 aliphatic carbocycles. The molecule has 0 atom stereocenters. The van der Waals surface area contributed by atoms with Gasteiger partial charge in [-0.15, -0.1) is 0 Å². The van der Waals surface area contributed by atoms with E-state index in [-0.39, 0.29) is 0 Å². The fourth-order valence-corrected chi connectivity index (χ4v) is 2.15. The van der Waals surface area contributed by atoms with Gasteiger partial charge >= 0.3 is 0 Å². The Bertz CT molecular complexity index is 401. The van der Waals surface area contributed by atoms with Crippen LogP contribution in [0.15, 0.2) is 34.8 Å². The van der Waals surface area contributed by atoms with Crippen LogP contribution < -0.4 is 4.90 Å². The Morgan fingerprint density at radius 3 is 2.87 bits per heavy atom. The smallest absolute Gasteiger partial charge is 0.152 e. The molecule has 0 amide bonds. The van der Waals surface area contributed by atoms with Crippen LogP contribution in [0.4, 0.5) is 5.69 Å². The third kappa shape index (κ3) is 2.29. The molecule has 1 aromatic rings. The summed E-state index contributed by atoms with van der Waals surface area (Å²) in [5.74, 6) is 0. The van der Waals surface area contributed by atoms with Gasteiger partial charge in [0, 0.05) is 28.8 Å². The molecule has 2 nitrogen and oxygen atoms in total. The fraction of sp³-hybridized carbons (Fsp3) is 0.250. The predicted molar refractivity (Wildman–Crippen MR) is 65.5 cm³/mol. The quantitative estimate of drug-likeness (QED) is 0.605. The molecule has 0 spiro atoms. The molecule has 0 fully saturated rings. The third-order valence-electron chi connectivity index (χ3n) is 2.52. The van der Waals surface area contributed by atoms with Gasteiger partial charge in [-0.3, -0.25) is 4.79 Å². The first-order valence-electron chi connectivity index (χ1n) is 4.96. The molecule has 1 heterocycles. The molecular weight excluding hydrogens is 254 g/mol. The largest absolute Gasteiger partial charge is 0.367 e. The molecule has 1 aliphatic rings. The third-order valence-corrected chi connectivity index (χ3v) is 3.01. The van der Waals surface area contributed by atoms with Gasteiger partial charge in [-0.05, 0) is 24.6 Å². The second kappa shape index (κ2) is 4.62. The predicted octanol–water partition coefficient (Wildman–Crippen LogP) is 3.03. The van der Waals surface area contributed by atoms with Crippen molar-refractivity contribution in [1.82, 2.24) is 0 Å². The van der Waals surface area contributed by atoms with Crippen LogP contribution in [0.2, 0.25) is 0 Å². The van der Waals surface area contributed by atoms with Crippen molar-refractivity contribution in [2.24, 2.45) is 0 Å². The lowest BCUT2D eigenvalue weighted by atomic mass is 10.1. The van der Waals surface area contributed by atoms with E-state index in [9.17, 15) is 4.79 Å². The summed E-state index contributed by atoms with van der Waals surface area (Å²) in [7, 11) is 0. The van der Waals surface area contributed by atoms with Gasteiger partial charge in [-0.25, -0.2) is 0 Å². The highest BCUT2D eigenvalue weighted by Crippen LogP contribution is 2.24. The molecule has 2 rings (SSSR count). The topological polar surface area (TPSA) is 20.3 Å². The second-order valence-corrected chi connectivity index (χ2v) is 4.44. The van der Waals surface area contributed by atoms with E-state index in [2.05, 4.69) is 33.0 Å². The number of benzene rings is 1. The van der Waals surface area contributed by atoms with E-state index in [1.807, 2.05) is 18.2 Å². The van der Waals surface area contributed by atoms with E-state index in [0.29, 0.717) is 0 Å². The molecule has 0 bridgehead atoms. The molecule has 3 heteroatoms. The second-order valence-electron chi connectivity index (χ2n) is 3.53. The highest BCUT2D eigenvalue weighted by Gasteiger charge is 2.11. The van der Waals surface area contributed by atoms with Crippen LogP contribution in [-0.4, -0.2) is 19.4 Å². The number of carbonyl (C=O) groups excluding carboxylic acids is 1. The average molecular weight is 266 g/mol. The lowest BCUT2D eigenvalue weighted by Crippen LogP contribution is -2.27. The number of halogens is 1. The summed E-state index contributed by atoms with van der Waals surface area (Å²) in [4.78, 5) is 13.2. The molecule has 0 N–H and O–H groups in total. The minimum Gasteiger partial charge on any atom is -0.367 e. The molecule has 1 aliphatic heterocycles. The van der Waals surface area contributed by atoms with Crippen molar-refractivity contribution in [3.63, 3.8) is 0 Å². The molecule has 0 aromatic heterocycles. The zero-order valence-corrected chi connectivity index (χ0v) is 9.90. The zero-order valence-electron chi connectivity index (χ0n) is 8.32. The van der Waals surface area contributed by atoms with Gasteiger partial charge in [0.25, 0.3) is 0 Å². The van der Waals surface area contributed by atoms with Crippen molar-refractivity contribution in [1.29, 1.82) is 0 Å². The highest BCUT2D eigenvalue weighted by atomic mass is 79.9. The Kier molecular flexibility index (Phi) is 3.21. The van der Waals surface area contributed by atoms with Crippen molar-refractivity contribution < 1.29 is 4.79 Å². The number of aldehydes is 1. The summed E-state index contributed by atoms with van der Waals surface area (Å²) in [6.07, 6.45) is 6.28. The molecule has 78 valence electrons. The molecule has 0 radical (unpaired) electrons. The van der Waals surface area contributed by atoms with Gasteiger partial charge in [-0.2, -0.15) is 0 Å². The number of nitrogens with zero attached hydrogens (tertiary/aromatic N) is 1. The van der Waals surface area contributed by atoms with Crippen molar-refractivity contribution in [2.45, 2.75) is 6.42 Å². The minimum absolute atomic E-state index is 0.750. The summed E-state index contributed by atoms with van der Waals surface area (Å²) < 4.78 is 0.945. The van der Waals surface area contributed by atoms with Crippen LogP contribution >= 0.6 is 15.9 Å². The minimum atomic E-state index is 0.750. The van der Waals surface area contributed by atoms with Crippen LogP contribution in [-0.2, 0) is 0 Å². The standard InChI is InChI=1S/C12H12BrNO/c13-11-4-5-12(10(8-11)9-15)14-6-2-1-3-7-14/h1-2,4-5,8-9H,3,6-7H2. The zero-order chi connectivity index (χ0) is 10.7. The first kappa shape index (κ1) is 10.4. The van der Waals surface area contributed by atoms with E-state index in [1.165, 1.54) is 0 Å². The van der Waals surface area contributed by atoms with E-state index >= 15 is 0 Å².